The molecule has 0 aliphatic heterocycles. The number of carbonyl (C=O) groups is 1. The fourth-order valence-electron chi connectivity index (χ4n) is 3.43. The molecule has 6 heteroatoms. The first kappa shape index (κ1) is 20.5. The van der Waals surface area contributed by atoms with Crippen molar-refractivity contribution >= 4 is 16.8 Å². The average molecular weight is 394 g/mol. The number of nitrogens with zero attached hydrogens (tertiary/aromatic N) is 2. The van der Waals surface area contributed by atoms with Gasteiger partial charge in [-0.25, -0.2) is 0 Å². The van der Waals surface area contributed by atoms with Crippen LogP contribution < -0.4 is 14.2 Å². The Morgan fingerprint density at radius 2 is 1.69 bits per heavy atom. The summed E-state index contributed by atoms with van der Waals surface area (Å²) in [6.45, 7) is 4.24. The molecule has 0 aliphatic carbocycles. The number of hydrogen-bond donors (Lipinski definition) is 0. The minimum Gasteiger partial charge on any atom is -0.493 e. The van der Waals surface area contributed by atoms with E-state index in [0.29, 0.717) is 35.1 Å². The van der Waals surface area contributed by atoms with Gasteiger partial charge >= 0.3 is 0 Å². The van der Waals surface area contributed by atoms with E-state index in [1.807, 2.05) is 44.2 Å². The van der Waals surface area contributed by atoms with E-state index in [1.165, 1.54) is 0 Å². The number of pyridine rings is 1. The number of hydrogen-bond acceptors (Lipinski definition) is 5. The Kier molecular flexibility index (Phi) is 5.92. The molecular weight excluding hydrogens is 368 g/mol. The highest BCUT2D eigenvalue weighted by molar-refractivity contribution is 5.98. The maximum absolute atomic E-state index is 13.2. The Bertz CT molecular complexity index is 1060. The number of aryl methyl sites for hydroxylation is 2. The van der Waals surface area contributed by atoms with E-state index >= 15 is 0 Å². The first-order valence-electron chi connectivity index (χ1n) is 9.31. The van der Waals surface area contributed by atoms with Crippen LogP contribution in [-0.2, 0) is 6.54 Å². The molecule has 0 spiro atoms. The third kappa shape index (κ3) is 3.97. The molecular formula is C23H26N2O4. The second-order valence-corrected chi connectivity index (χ2v) is 6.97. The van der Waals surface area contributed by atoms with Gasteiger partial charge in [0.1, 0.15) is 0 Å². The van der Waals surface area contributed by atoms with Crippen LogP contribution in [0.2, 0.25) is 0 Å². The van der Waals surface area contributed by atoms with Crippen molar-refractivity contribution in [2.45, 2.75) is 20.4 Å². The van der Waals surface area contributed by atoms with E-state index < -0.39 is 0 Å². The van der Waals surface area contributed by atoms with Crippen molar-refractivity contribution in [1.82, 2.24) is 9.88 Å². The maximum Gasteiger partial charge on any atom is 0.255 e. The van der Waals surface area contributed by atoms with Crippen LogP contribution in [0.1, 0.15) is 27.2 Å². The summed E-state index contributed by atoms with van der Waals surface area (Å²) in [4.78, 5) is 19.4. The molecule has 1 heterocycles. The molecule has 1 aromatic heterocycles. The lowest BCUT2D eigenvalue weighted by molar-refractivity contribution is 0.0783. The van der Waals surface area contributed by atoms with Gasteiger partial charge in [0.2, 0.25) is 5.75 Å². The molecule has 0 saturated heterocycles. The van der Waals surface area contributed by atoms with Crippen molar-refractivity contribution in [3.05, 3.63) is 58.8 Å². The summed E-state index contributed by atoms with van der Waals surface area (Å²) in [5, 5.41) is 0.955. The summed E-state index contributed by atoms with van der Waals surface area (Å²) >= 11 is 0. The maximum atomic E-state index is 13.2. The molecule has 1 amide bonds. The number of carbonyl (C=O) groups excluding carboxylic acids is 1. The normalized spacial score (nSPS) is 10.7. The highest BCUT2D eigenvalue weighted by atomic mass is 16.5. The summed E-state index contributed by atoms with van der Waals surface area (Å²) in [5.74, 6) is 1.53. The van der Waals surface area contributed by atoms with Gasteiger partial charge in [0.05, 0.1) is 38.1 Å². The first-order chi connectivity index (χ1) is 13.9. The zero-order valence-electron chi connectivity index (χ0n) is 17.7. The van der Waals surface area contributed by atoms with Gasteiger partial charge in [-0.05, 0) is 44.2 Å². The van der Waals surface area contributed by atoms with Crippen molar-refractivity contribution in [2.24, 2.45) is 0 Å². The molecule has 0 saturated carbocycles. The van der Waals surface area contributed by atoms with Crippen LogP contribution in [0.3, 0.4) is 0 Å². The molecule has 0 aliphatic rings. The quantitative estimate of drug-likeness (QED) is 0.629. The molecule has 2 aromatic carbocycles. The van der Waals surface area contributed by atoms with E-state index in [2.05, 4.69) is 4.98 Å². The SMILES string of the molecule is COc1ccc(CN(C)C(=O)c2cc3cc(C)ccc3nc2C)c(OC)c1OC. The number of amides is 1. The second kappa shape index (κ2) is 8.39. The standard InChI is InChI=1S/C23H26N2O4/c1-14-7-9-19-17(11-14)12-18(15(2)24-19)23(26)25(3)13-16-8-10-20(27-4)22(29-6)21(16)28-5/h7-12H,13H2,1-6H3. The fourth-order valence-corrected chi connectivity index (χ4v) is 3.43. The Morgan fingerprint density at radius 3 is 2.34 bits per heavy atom. The van der Waals surface area contributed by atoms with Gasteiger partial charge in [0.25, 0.3) is 5.91 Å². The Balaban J connectivity index is 1.94. The molecule has 0 bridgehead atoms. The number of ether oxygens (including phenoxy) is 3. The Hall–Kier alpha value is -3.28. The smallest absolute Gasteiger partial charge is 0.255 e. The molecule has 29 heavy (non-hydrogen) atoms. The topological polar surface area (TPSA) is 60.9 Å². The van der Waals surface area contributed by atoms with Crippen molar-refractivity contribution in [3.8, 4) is 17.2 Å². The van der Waals surface area contributed by atoms with Crippen molar-refractivity contribution < 1.29 is 19.0 Å². The van der Waals surface area contributed by atoms with Crippen molar-refractivity contribution in [1.29, 1.82) is 0 Å². The van der Waals surface area contributed by atoms with Gasteiger partial charge in [-0.2, -0.15) is 0 Å². The van der Waals surface area contributed by atoms with E-state index in [9.17, 15) is 4.79 Å². The van der Waals surface area contributed by atoms with Gasteiger partial charge in [-0.3, -0.25) is 9.78 Å². The highest BCUT2D eigenvalue weighted by Gasteiger charge is 2.21. The minimum atomic E-state index is -0.102. The van der Waals surface area contributed by atoms with Crippen molar-refractivity contribution in [3.63, 3.8) is 0 Å². The van der Waals surface area contributed by atoms with E-state index in [1.54, 1.807) is 39.3 Å². The number of rotatable bonds is 6. The molecule has 3 aromatic rings. The third-order valence-electron chi connectivity index (χ3n) is 4.93. The number of methoxy groups -OCH3 is 3. The average Bonchev–Trinajstić information content (AvgIpc) is 2.72. The lowest BCUT2D eigenvalue weighted by Gasteiger charge is -2.21. The van der Waals surface area contributed by atoms with Crippen LogP contribution in [0, 0.1) is 13.8 Å². The van der Waals surface area contributed by atoms with E-state index in [-0.39, 0.29) is 5.91 Å². The fraction of sp³-hybridized carbons (Fsp3) is 0.304. The van der Waals surface area contributed by atoms with Crippen LogP contribution >= 0.6 is 0 Å². The predicted molar refractivity (Wildman–Crippen MR) is 113 cm³/mol. The lowest BCUT2D eigenvalue weighted by atomic mass is 10.1. The van der Waals surface area contributed by atoms with Crippen LogP contribution in [0.4, 0.5) is 0 Å². The predicted octanol–water partition coefficient (Wildman–Crippen LogP) is 4.15. The highest BCUT2D eigenvalue weighted by Crippen LogP contribution is 2.40. The van der Waals surface area contributed by atoms with Crippen LogP contribution in [0.25, 0.3) is 10.9 Å². The summed E-state index contributed by atoms with van der Waals surface area (Å²) in [5.41, 5.74) is 4.13. The Labute approximate surface area is 171 Å². The van der Waals surface area contributed by atoms with E-state index in [0.717, 1.165) is 22.0 Å². The number of fused-ring (bicyclic) bond motifs is 1. The van der Waals surface area contributed by atoms with Gasteiger partial charge in [-0.15, -0.1) is 0 Å². The molecule has 0 fully saturated rings. The minimum absolute atomic E-state index is 0.102. The molecule has 0 atom stereocenters. The second-order valence-electron chi connectivity index (χ2n) is 6.97. The summed E-state index contributed by atoms with van der Waals surface area (Å²) in [7, 11) is 6.47. The zero-order chi connectivity index (χ0) is 21.1. The van der Waals surface area contributed by atoms with Gasteiger partial charge in [0.15, 0.2) is 11.5 Å². The van der Waals surface area contributed by atoms with Crippen LogP contribution in [-0.4, -0.2) is 44.2 Å². The first-order valence-corrected chi connectivity index (χ1v) is 9.31. The number of aromatic nitrogens is 1. The molecule has 3 rings (SSSR count). The summed E-state index contributed by atoms with van der Waals surface area (Å²) in [6.07, 6.45) is 0. The van der Waals surface area contributed by atoms with Gasteiger partial charge < -0.3 is 19.1 Å². The number of benzene rings is 2. The molecule has 0 radical (unpaired) electrons. The zero-order valence-corrected chi connectivity index (χ0v) is 17.7. The van der Waals surface area contributed by atoms with Gasteiger partial charge in [0, 0.05) is 24.5 Å². The lowest BCUT2D eigenvalue weighted by Crippen LogP contribution is -2.27. The molecule has 152 valence electrons. The monoisotopic (exact) mass is 394 g/mol. The van der Waals surface area contributed by atoms with Crippen molar-refractivity contribution in [2.75, 3.05) is 28.4 Å². The van der Waals surface area contributed by atoms with Gasteiger partial charge in [-0.1, -0.05) is 11.6 Å². The summed E-state index contributed by atoms with van der Waals surface area (Å²) in [6, 6.07) is 11.6. The Morgan fingerprint density at radius 1 is 0.966 bits per heavy atom. The van der Waals surface area contributed by atoms with E-state index in [4.69, 9.17) is 14.2 Å². The molecule has 0 N–H and O–H groups in total. The van der Waals surface area contributed by atoms with Crippen LogP contribution in [0.5, 0.6) is 17.2 Å². The summed E-state index contributed by atoms with van der Waals surface area (Å²) < 4.78 is 16.3. The van der Waals surface area contributed by atoms with Crippen LogP contribution in [0.15, 0.2) is 36.4 Å². The molecule has 6 nitrogen and oxygen atoms in total. The molecule has 0 unspecified atom stereocenters. The third-order valence-corrected chi connectivity index (χ3v) is 4.93. The largest absolute Gasteiger partial charge is 0.493 e.